The molecule has 0 saturated carbocycles. The van der Waals surface area contributed by atoms with Crippen LogP contribution in [0.1, 0.15) is 55.2 Å². The number of amides is 2. The molecular formula is C28H37F2N3O3. The van der Waals surface area contributed by atoms with Crippen molar-refractivity contribution in [3.8, 4) is 0 Å². The fraction of sp³-hybridized carbons (Fsp3) is 0.500. The van der Waals surface area contributed by atoms with E-state index in [0.717, 1.165) is 49.5 Å². The van der Waals surface area contributed by atoms with Gasteiger partial charge in [-0.3, -0.25) is 9.59 Å². The molecule has 1 fully saturated rings. The molecule has 0 bridgehead atoms. The van der Waals surface area contributed by atoms with Gasteiger partial charge >= 0.3 is 0 Å². The predicted octanol–water partition coefficient (Wildman–Crippen LogP) is 3.63. The molecule has 1 aliphatic rings. The van der Waals surface area contributed by atoms with Gasteiger partial charge in [-0.1, -0.05) is 29.8 Å². The molecule has 0 aromatic heterocycles. The fourth-order valence-electron chi connectivity index (χ4n) is 4.58. The number of carbonyl (C=O) groups excluding carboxylic acids is 2. The summed E-state index contributed by atoms with van der Waals surface area (Å²) in [6.07, 6.45) is 3.11. The number of nitrogens with zero attached hydrogens (tertiary/aromatic N) is 1. The molecular weight excluding hydrogens is 464 g/mol. The third kappa shape index (κ3) is 9.32. The summed E-state index contributed by atoms with van der Waals surface area (Å²) in [6.45, 7) is 4.27. The average Bonchev–Trinajstić information content (AvgIpc) is 2.83. The van der Waals surface area contributed by atoms with Crippen LogP contribution in [0.15, 0.2) is 42.5 Å². The van der Waals surface area contributed by atoms with E-state index in [4.69, 9.17) is 0 Å². The van der Waals surface area contributed by atoms with E-state index in [0.29, 0.717) is 24.9 Å². The third-order valence-corrected chi connectivity index (χ3v) is 6.46. The lowest BCUT2D eigenvalue weighted by Crippen LogP contribution is -2.48. The number of benzene rings is 2. The first-order valence-corrected chi connectivity index (χ1v) is 12.8. The van der Waals surface area contributed by atoms with E-state index in [9.17, 15) is 23.5 Å². The molecule has 36 heavy (non-hydrogen) atoms. The zero-order chi connectivity index (χ0) is 25.9. The molecule has 2 aromatic rings. The summed E-state index contributed by atoms with van der Waals surface area (Å²) in [4.78, 5) is 26.9. The van der Waals surface area contributed by atoms with Gasteiger partial charge in [-0.25, -0.2) is 8.78 Å². The van der Waals surface area contributed by atoms with Gasteiger partial charge in [0, 0.05) is 45.1 Å². The summed E-state index contributed by atoms with van der Waals surface area (Å²) < 4.78 is 27.4. The van der Waals surface area contributed by atoms with Crippen LogP contribution < -0.4 is 10.6 Å². The van der Waals surface area contributed by atoms with Crippen molar-refractivity contribution >= 4 is 11.8 Å². The molecule has 2 amide bonds. The van der Waals surface area contributed by atoms with E-state index in [1.807, 2.05) is 36.1 Å². The zero-order valence-electron chi connectivity index (χ0n) is 20.9. The van der Waals surface area contributed by atoms with E-state index in [1.54, 1.807) is 0 Å². The minimum absolute atomic E-state index is 0.0645. The molecule has 0 spiro atoms. The smallest absolute Gasteiger partial charge is 0.222 e. The van der Waals surface area contributed by atoms with Crippen molar-refractivity contribution in [2.45, 2.75) is 70.6 Å². The lowest BCUT2D eigenvalue weighted by molar-refractivity contribution is -0.132. The fourth-order valence-corrected chi connectivity index (χ4v) is 4.58. The van der Waals surface area contributed by atoms with Crippen molar-refractivity contribution in [2.75, 3.05) is 19.6 Å². The largest absolute Gasteiger partial charge is 0.390 e. The first kappa shape index (κ1) is 27.7. The number of aliphatic hydroxyl groups excluding tert-OH is 1. The summed E-state index contributed by atoms with van der Waals surface area (Å²) in [5, 5.41) is 16.9. The van der Waals surface area contributed by atoms with Gasteiger partial charge in [0.05, 0.1) is 12.1 Å². The topological polar surface area (TPSA) is 81.7 Å². The maximum absolute atomic E-state index is 13.7. The molecule has 2 unspecified atom stereocenters. The Hall–Kier alpha value is -2.84. The molecule has 6 nitrogen and oxygen atoms in total. The Labute approximate surface area is 212 Å². The van der Waals surface area contributed by atoms with Gasteiger partial charge < -0.3 is 20.6 Å². The quantitative estimate of drug-likeness (QED) is 0.415. The Morgan fingerprint density at radius 1 is 1.00 bits per heavy atom. The Morgan fingerprint density at radius 2 is 1.72 bits per heavy atom. The molecule has 2 aromatic carbocycles. The van der Waals surface area contributed by atoms with Crippen molar-refractivity contribution in [1.82, 2.24) is 15.5 Å². The zero-order valence-corrected chi connectivity index (χ0v) is 20.9. The average molecular weight is 502 g/mol. The van der Waals surface area contributed by atoms with Crippen molar-refractivity contribution in [1.29, 1.82) is 0 Å². The second-order valence-corrected chi connectivity index (χ2v) is 9.64. The highest BCUT2D eigenvalue weighted by Gasteiger charge is 2.23. The molecule has 2 atom stereocenters. The van der Waals surface area contributed by atoms with E-state index >= 15 is 0 Å². The number of carbonyl (C=O) groups is 2. The van der Waals surface area contributed by atoms with Crippen LogP contribution in [0.25, 0.3) is 0 Å². The Bertz CT molecular complexity index is 991. The van der Waals surface area contributed by atoms with Crippen LogP contribution in [0.5, 0.6) is 0 Å². The number of aliphatic hydroxyl groups is 1. The van der Waals surface area contributed by atoms with Crippen molar-refractivity contribution in [3.63, 3.8) is 0 Å². The molecule has 0 radical (unpaired) electrons. The van der Waals surface area contributed by atoms with Crippen molar-refractivity contribution in [2.24, 2.45) is 0 Å². The van der Waals surface area contributed by atoms with Crippen LogP contribution in [0.3, 0.4) is 0 Å². The first-order valence-electron chi connectivity index (χ1n) is 12.8. The number of nitrogens with one attached hydrogen (secondary N) is 2. The van der Waals surface area contributed by atoms with Gasteiger partial charge in [-0.15, -0.1) is 0 Å². The van der Waals surface area contributed by atoms with E-state index in [2.05, 4.69) is 10.6 Å². The molecule has 1 saturated heterocycles. The molecule has 3 N–H and O–H groups in total. The number of piperidine rings is 1. The van der Waals surface area contributed by atoms with Gasteiger partial charge in [0.25, 0.3) is 0 Å². The van der Waals surface area contributed by atoms with Crippen LogP contribution in [-0.4, -0.2) is 53.6 Å². The van der Waals surface area contributed by atoms with Gasteiger partial charge in [0.1, 0.15) is 11.6 Å². The Kier molecular flexibility index (Phi) is 10.8. The SMILES string of the molecule is Cc1cccc(CNCC(O)C(Cc2cc(F)cc(F)c2)NC(=O)CCCC(=O)N2CCCCC2)c1. The van der Waals surface area contributed by atoms with Gasteiger partial charge in [-0.2, -0.15) is 0 Å². The first-order chi connectivity index (χ1) is 17.3. The van der Waals surface area contributed by atoms with Gasteiger partial charge in [0.2, 0.25) is 11.8 Å². The molecule has 8 heteroatoms. The predicted molar refractivity (Wildman–Crippen MR) is 135 cm³/mol. The number of halogens is 2. The van der Waals surface area contributed by atoms with E-state index in [-0.39, 0.29) is 31.2 Å². The lowest BCUT2D eigenvalue weighted by atomic mass is 10.00. The van der Waals surface area contributed by atoms with E-state index < -0.39 is 23.8 Å². The van der Waals surface area contributed by atoms with Crippen LogP contribution >= 0.6 is 0 Å². The van der Waals surface area contributed by atoms with Crippen molar-refractivity contribution in [3.05, 3.63) is 70.8 Å². The summed E-state index contributed by atoms with van der Waals surface area (Å²) in [7, 11) is 0. The summed E-state index contributed by atoms with van der Waals surface area (Å²) in [5.41, 5.74) is 2.54. The van der Waals surface area contributed by atoms with Crippen molar-refractivity contribution < 1.29 is 23.5 Å². The van der Waals surface area contributed by atoms with Crippen LogP contribution in [-0.2, 0) is 22.6 Å². The van der Waals surface area contributed by atoms with Gasteiger partial charge in [0.15, 0.2) is 0 Å². The maximum atomic E-state index is 13.7. The number of rotatable bonds is 12. The highest BCUT2D eigenvalue weighted by atomic mass is 19.1. The van der Waals surface area contributed by atoms with Crippen LogP contribution in [0.2, 0.25) is 0 Å². The molecule has 1 aliphatic heterocycles. The normalized spacial score (nSPS) is 15.4. The second-order valence-electron chi connectivity index (χ2n) is 9.64. The Morgan fingerprint density at radius 3 is 2.42 bits per heavy atom. The maximum Gasteiger partial charge on any atom is 0.222 e. The standard InChI is InChI=1S/C28H37F2N3O3/c1-20-7-5-8-21(13-20)18-31-19-26(34)25(16-22-14-23(29)17-24(30)15-22)32-27(35)9-6-10-28(36)33-11-3-2-4-12-33/h5,7-8,13-15,17,25-26,31,34H,2-4,6,9-12,16,18-19H2,1H3,(H,32,35). The minimum Gasteiger partial charge on any atom is -0.390 e. The van der Waals surface area contributed by atoms with E-state index in [1.165, 1.54) is 12.1 Å². The molecule has 0 aliphatic carbocycles. The number of hydrogen-bond donors (Lipinski definition) is 3. The highest BCUT2D eigenvalue weighted by molar-refractivity contribution is 5.79. The molecule has 196 valence electrons. The van der Waals surface area contributed by atoms with Crippen LogP contribution in [0, 0.1) is 18.6 Å². The Balaban J connectivity index is 1.54. The number of likely N-dealkylation sites (tertiary alicyclic amines) is 1. The van der Waals surface area contributed by atoms with Crippen LogP contribution in [0.4, 0.5) is 8.78 Å². The summed E-state index contributed by atoms with van der Waals surface area (Å²) in [5.74, 6) is -1.66. The lowest BCUT2D eigenvalue weighted by Gasteiger charge is -2.27. The molecule has 1 heterocycles. The number of hydrogen-bond acceptors (Lipinski definition) is 4. The van der Waals surface area contributed by atoms with Gasteiger partial charge in [-0.05, 0) is 62.3 Å². The monoisotopic (exact) mass is 501 g/mol. The minimum atomic E-state index is -0.986. The second kappa shape index (κ2) is 14.0. The summed E-state index contributed by atoms with van der Waals surface area (Å²) in [6, 6.07) is 10.4. The summed E-state index contributed by atoms with van der Waals surface area (Å²) >= 11 is 0. The highest BCUT2D eigenvalue weighted by Crippen LogP contribution is 2.14. The number of aryl methyl sites for hydroxylation is 1. The molecule has 3 rings (SSSR count). The third-order valence-electron chi connectivity index (χ3n) is 6.46.